The summed E-state index contributed by atoms with van der Waals surface area (Å²) < 4.78 is 9.99. The summed E-state index contributed by atoms with van der Waals surface area (Å²) in [6.07, 6.45) is 5.88. The maximum absolute atomic E-state index is 13.0. The second-order valence-corrected chi connectivity index (χ2v) is 6.79. The Morgan fingerprint density at radius 3 is 2.32 bits per heavy atom. The van der Waals surface area contributed by atoms with E-state index in [0.717, 1.165) is 37.0 Å². The maximum Gasteiger partial charge on any atom is 0.310 e. The molecule has 0 heterocycles. The molecule has 0 N–H and O–H groups in total. The molecule has 0 bridgehead atoms. The first-order valence-electron chi connectivity index (χ1n) is 9.05. The first kappa shape index (κ1) is 19.3. The summed E-state index contributed by atoms with van der Waals surface area (Å²) in [6, 6.07) is 7.79. The SMILES string of the molecule is COC(=O)C(C)CN(C(=O)Cc1ccc(OC)cc1)C1CCCCC1. The van der Waals surface area contributed by atoms with Crippen molar-refractivity contribution in [3.8, 4) is 5.75 Å². The monoisotopic (exact) mass is 347 g/mol. The van der Waals surface area contributed by atoms with Crippen LogP contribution in [0, 0.1) is 5.92 Å². The van der Waals surface area contributed by atoms with Crippen molar-refractivity contribution in [2.75, 3.05) is 20.8 Å². The third-order valence-corrected chi connectivity index (χ3v) is 4.92. The Hall–Kier alpha value is -2.04. The van der Waals surface area contributed by atoms with E-state index in [9.17, 15) is 9.59 Å². The van der Waals surface area contributed by atoms with Gasteiger partial charge in [-0.3, -0.25) is 9.59 Å². The normalized spacial score (nSPS) is 16.1. The molecule has 1 unspecified atom stereocenters. The molecule has 138 valence electrons. The average molecular weight is 347 g/mol. The molecule has 1 amide bonds. The van der Waals surface area contributed by atoms with E-state index in [1.165, 1.54) is 13.5 Å². The Morgan fingerprint density at radius 2 is 1.76 bits per heavy atom. The molecule has 1 fully saturated rings. The zero-order valence-corrected chi connectivity index (χ0v) is 15.5. The molecule has 0 spiro atoms. The lowest BCUT2D eigenvalue weighted by atomic mass is 9.93. The van der Waals surface area contributed by atoms with Crippen LogP contribution in [0.3, 0.4) is 0 Å². The second kappa shape index (κ2) is 9.44. The molecule has 0 aromatic heterocycles. The number of ether oxygens (including phenoxy) is 2. The van der Waals surface area contributed by atoms with E-state index >= 15 is 0 Å². The van der Waals surface area contributed by atoms with E-state index < -0.39 is 0 Å². The highest BCUT2D eigenvalue weighted by Crippen LogP contribution is 2.24. The quantitative estimate of drug-likeness (QED) is 0.711. The van der Waals surface area contributed by atoms with Gasteiger partial charge in [-0.05, 0) is 30.5 Å². The van der Waals surface area contributed by atoms with E-state index in [2.05, 4.69) is 0 Å². The van der Waals surface area contributed by atoms with Gasteiger partial charge in [0.15, 0.2) is 0 Å². The van der Waals surface area contributed by atoms with Crippen LogP contribution in [0.5, 0.6) is 5.75 Å². The number of benzene rings is 1. The topological polar surface area (TPSA) is 55.8 Å². The summed E-state index contributed by atoms with van der Waals surface area (Å²) in [5, 5.41) is 0. The largest absolute Gasteiger partial charge is 0.497 e. The molecule has 0 radical (unpaired) electrons. The fourth-order valence-electron chi connectivity index (χ4n) is 3.44. The molecule has 1 aliphatic rings. The third-order valence-electron chi connectivity index (χ3n) is 4.92. The third kappa shape index (κ3) is 5.48. The zero-order chi connectivity index (χ0) is 18.2. The fraction of sp³-hybridized carbons (Fsp3) is 0.600. The van der Waals surface area contributed by atoms with E-state index in [-0.39, 0.29) is 23.8 Å². The summed E-state index contributed by atoms with van der Waals surface area (Å²) >= 11 is 0. The van der Waals surface area contributed by atoms with Crippen molar-refractivity contribution in [2.24, 2.45) is 5.92 Å². The number of esters is 1. The van der Waals surface area contributed by atoms with Gasteiger partial charge >= 0.3 is 5.97 Å². The van der Waals surface area contributed by atoms with Crippen molar-refractivity contribution in [3.05, 3.63) is 29.8 Å². The van der Waals surface area contributed by atoms with Gasteiger partial charge in [0.05, 0.1) is 26.6 Å². The molecule has 25 heavy (non-hydrogen) atoms. The Balaban J connectivity index is 2.08. The molecular weight excluding hydrogens is 318 g/mol. The van der Waals surface area contributed by atoms with Crippen LogP contribution in [-0.4, -0.2) is 43.6 Å². The van der Waals surface area contributed by atoms with Gasteiger partial charge in [0, 0.05) is 12.6 Å². The molecule has 5 heteroatoms. The van der Waals surface area contributed by atoms with Gasteiger partial charge in [0.2, 0.25) is 5.91 Å². The minimum Gasteiger partial charge on any atom is -0.497 e. The zero-order valence-electron chi connectivity index (χ0n) is 15.5. The maximum atomic E-state index is 13.0. The predicted octanol–water partition coefficient (Wildman–Crippen LogP) is 3.21. The number of amides is 1. The van der Waals surface area contributed by atoms with Gasteiger partial charge < -0.3 is 14.4 Å². The first-order chi connectivity index (χ1) is 12.0. The minimum absolute atomic E-state index is 0.0767. The summed E-state index contributed by atoms with van der Waals surface area (Å²) in [4.78, 5) is 26.7. The average Bonchev–Trinajstić information content (AvgIpc) is 2.66. The van der Waals surface area contributed by atoms with Crippen molar-refractivity contribution in [1.29, 1.82) is 0 Å². The van der Waals surface area contributed by atoms with Crippen molar-refractivity contribution in [3.63, 3.8) is 0 Å². The number of nitrogens with zero attached hydrogens (tertiary/aromatic N) is 1. The number of hydrogen-bond donors (Lipinski definition) is 0. The van der Waals surface area contributed by atoms with Crippen molar-refractivity contribution in [2.45, 2.75) is 51.5 Å². The lowest BCUT2D eigenvalue weighted by molar-refractivity contribution is -0.147. The molecule has 0 saturated heterocycles. The molecule has 1 atom stereocenters. The van der Waals surface area contributed by atoms with Crippen molar-refractivity contribution < 1.29 is 19.1 Å². The second-order valence-electron chi connectivity index (χ2n) is 6.79. The van der Waals surface area contributed by atoms with Gasteiger partial charge in [-0.2, -0.15) is 0 Å². The number of carbonyl (C=O) groups is 2. The standard InChI is InChI=1S/C20H29NO4/c1-15(20(23)25-3)14-21(17-7-5-4-6-8-17)19(22)13-16-9-11-18(24-2)12-10-16/h9-12,15,17H,4-8,13-14H2,1-3H3. The lowest BCUT2D eigenvalue weighted by Gasteiger charge is -2.35. The minimum atomic E-state index is -0.313. The van der Waals surface area contributed by atoms with Gasteiger partial charge in [-0.1, -0.05) is 38.3 Å². The van der Waals surface area contributed by atoms with Crippen molar-refractivity contribution >= 4 is 11.9 Å². The number of hydrogen-bond acceptors (Lipinski definition) is 4. The lowest BCUT2D eigenvalue weighted by Crippen LogP contribution is -2.45. The Morgan fingerprint density at radius 1 is 1.12 bits per heavy atom. The van der Waals surface area contributed by atoms with E-state index in [0.29, 0.717) is 13.0 Å². The van der Waals surface area contributed by atoms with E-state index in [1.54, 1.807) is 7.11 Å². The Kier molecular flexibility index (Phi) is 7.29. The smallest absolute Gasteiger partial charge is 0.310 e. The Labute approximate surface area is 150 Å². The van der Waals surface area contributed by atoms with Gasteiger partial charge in [-0.25, -0.2) is 0 Å². The van der Waals surface area contributed by atoms with Gasteiger partial charge in [0.25, 0.3) is 0 Å². The van der Waals surface area contributed by atoms with Crippen LogP contribution in [0.2, 0.25) is 0 Å². The van der Waals surface area contributed by atoms with Crippen LogP contribution in [-0.2, 0) is 20.7 Å². The summed E-state index contributed by atoms with van der Waals surface area (Å²) in [5.41, 5.74) is 0.956. The van der Waals surface area contributed by atoms with E-state index in [4.69, 9.17) is 9.47 Å². The highest BCUT2D eigenvalue weighted by atomic mass is 16.5. The molecule has 1 aliphatic carbocycles. The molecule has 0 aliphatic heterocycles. The molecule has 5 nitrogen and oxygen atoms in total. The van der Waals surface area contributed by atoms with Crippen LogP contribution < -0.4 is 4.74 Å². The highest BCUT2D eigenvalue weighted by Gasteiger charge is 2.28. The van der Waals surface area contributed by atoms with Gasteiger partial charge in [0.1, 0.15) is 5.75 Å². The molecular formula is C20H29NO4. The van der Waals surface area contributed by atoms with Gasteiger partial charge in [-0.15, -0.1) is 0 Å². The van der Waals surface area contributed by atoms with Crippen LogP contribution in [0.1, 0.15) is 44.6 Å². The van der Waals surface area contributed by atoms with Crippen LogP contribution in [0.25, 0.3) is 0 Å². The predicted molar refractivity (Wildman–Crippen MR) is 96.5 cm³/mol. The molecule has 1 aromatic rings. The molecule has 2 rings (SSSR count). The van der Waals surface area contributed by atoms with Crippen LogP contribution in [0.4, 0.5) is 0 Å². The highest BCUT2D eigenvalue weighted by molar-refractivity contribution is 5.80. The summed E-state index contributed by atoms with van der Waals surface area (Å²) in [7, 11) is 3.02. The fourth-order valence-corrected chi connectivity index (χ4v) is 3.44. The number of rotatable bonds is 7. The number of methoxy groups -OCH3 is 2. The number of carbonyl (C=O) groups excluding carboxylic acids is 2. The first-order valence-corrected chi connectivity index (χ1v) is 9.05. The van der Waals surface area contributed by atoms with E-state index in [1.807, 2.05) is 36.1 Å². The Bertz CT molecular complexity index is 564. The van der Waals surface area contributed by atoms with Crippen LogP contribution >= 0.6 is 0 Å². The van der Waals surface area contributed by atoms with Crippen molar-refractivity contribution in [1.82, 2.24) is 4.90 Å². The summed E-state index contributed by atoms with van der Waals surface area (Å²) in [6.45, 7) is 2.24. The molecule has 1 saturated carbocycles. The summed E-state index contributed by atoms with van der Waals surface area (Å²) in [5.74, 6) is 0.275. The molecule has 1 aromatic carbocycles. The van der Waals surface area contributed by atoms with Crippen LogP contribution in [0.15, 0.2) is 24.3 Å².